The highest BCUT2D eigenvalue weighted by atomic mass is 16.2. The van der Waals surface area contributed by atoms with E-state index in [-0.39, 0.29) is 24.1 Å². The Morgan fingerprint density at radius 1 is 1.03 bits per heavy atom. The Kier molecular flexibility index (Phi) is 5.23. The van der Waals surface area contributed by atoms with E-state index in [4.69, 9.17) is 0 Å². The number of nitrogens with zero attached hydrogens (tertiary/aromatic N) is 1. The molecular weight excluding hydrogens is 398 g/mol. The first kappa shape index (κ1) is 20.1. The van der Waals surface area contributed by atoms with Crippen molar-refractivity contribution in [3.05, 3.63) is 100 Å². The number of anilines is 1. The molecule has 0 spiro atoms. The van der Waals surface area contributed by atoms with Crippen LogP contribution >= 0.6 is 0 Å². The Bertz CT molecular complexity index is 1340. The zero-order valence-corrected chi connectivity index (χ0v) is 18.0. The molecule has 5 heteroatoms. The second kappa shape index (κ2) is 8.35. The normalized spacial score (nSPS) is 15.4. The SMILES string of the molecule is CC1c2ccc(-c3ccccc3)cc2CCN1C(=O)CNc1ccc2c(=O)[nH]ccc2c1. The number of amides is 1. The highest BCUT2D eigenvalue weighted by Crippen LogP contribution is 2.32. The summed E-state index contributed by atoms with van der Waals surface area (Å²) in [7, 11) is 0. The van der Waals surface area contributed by atoms with E-state index >= 15 is 0 Å². The Hall–Kier alpha value is -3.86. The van der Waals surface area contributed by atoms with Gasteiger partial charge in [-0.05, 0) is 65.3 Å². The molecule has 0 aliphatic carbocycles. The van der Waals surface area contributed by atoms with Gasteiger partial charge in [0, 0.05) is 23.8 Å². The van der Waals surface area contributed by atoms with Crippen molar-refractivity contribution in [1.29, 1.82) is 0 Å². The van der Waals surface area contributed by atoms with Gasteiger partial charge in [0.25, 0.3) is 5.56 Å². The lowest BCUT2D eigenvalue weighted by molar-refractivity contribution is -0.131. The van der Waals surface area contributed by atoms with Crippen LogP contribution in [0.15, 0.2) is 83.8 Å². The predicted octanol–water partition coefficient (Wildman–Crippen LogP) is 4.75. The minimum atomic E-state index is -0.110. The van der Waals surface area contributed by atoms with Gasteiger partial charge in [-0.25, -0.2) is 0 Å². The topological polar surface area (TPSA) is 65.2 Å². The smallest absolute Gasteiger partial charge is 0.255 e. The van der Waals surface area contributed by atoms with E-state index in [1.807, 2.05) is 29.2 Å². The molecule has 5 nitrogen and oxygen atoms in total. The first-order chi connectivity index (χ1) is 15.6. The molecule has 160 valence electrons. The molecule has 1 unspecified atom stereocenters. The molecule has 3 aromatic carbocycles. The molecule has 0 fully saturated rings. The van der Waals surface area contributed by atoms with E-state index < -0.39 is 0 Å². The number of rotatable bonds is 4. The Morgan fingerprint density at radius 3 is 2.72 bits per heavy atom. The molecule has 0 saturated heterocycles. The summed E-state index contributed by atoms with van der Waals surface area (Å²) in [5.74, 6) is 0.0706. The Morgan fingerprint density at radius 2 is 1.88 bits per heavy atom. The lowest BCUT2D eigenvalue weighted by atomic mass is 9.90. The van der Waals surface area contributed by atoms with Crippen LogP contribution in [0.4, 0.5) is 5.69 Å². The Labute approximate surface area is 186 Å². The lowest BCUT2D eigenvalue weighted by Gasteiger charge is -2.35. The first-order valence-corrected chi connectivity index (χ1v) is 10.9. The predicted molar refractivity (Wildman–Crippen MR) is 129 cm³/mol. The molecule has 1 aliphatic rings. The van der Waals surface area contributed by atoms with Gasteiger partial charge < -0.3 is 15.2 Å². The highest BCUT2D eigenvalue weighted by Gasteiger charge is 2.27. The van der Waals surface area contributed by atoms with Crippen LogP contribution < -0.4 is 10.9 Å². The van der Waals surface area contributed by atoms with Crippen LogP contribution in [0.1, 0.15) is 24.1 Å². The van der Waals surface area contributed by atoms with E-state index in [9.17, 15) is 9.59 Å². The van der Waals surface area contributed by atoms with Crippen molar-refractivity contribution in [2.24, 2.45) is 0 Å². The van der Waals surface area contributed by atoms with E-state index in [2.05, 4.69) is 59.7 Å². The van der Waals surface area contributed by atoms with Crippen LogP contribution in [0, 0.1) is 0 Å². The number of H-pyrrole nitrogens is 1. The quantitative estimate of drug-likeness (QED) is 0.498. The van der Waals surface area contributed by atoms with Gasteiger partial charge >= 0.3 is 0 Å². The summed E-state index contributed by atoms with van der Waals surface area (Å²) in [5.41, 5.74) is 5.68. The molecule has 1 amide bonds. The number of aromatic amines is 1. The van der Waals surface area contributed by atoms with Crippen molar-refractivity contribution < 1.29 is 4.79 Å². The number of benzene rings is 3. The fourth-order valence-electron chi connectivity index (χ4n) is 4.56. The second-order valence-corrected chi connectivity index (χ2v) is 8.26. The maximum atomic E-state index is 13.0. The fraction of sp³-hybridized carbons (Fsp3) is 0.185. The van der Waals surface area contributed by atoms with Gasteiger partial charge in [-0.2, -0.15) is 0 Å². The molecular formula is C27H25N3O2. The van der Waals surface area contributed by atoms with Crippen molar-refractivity contribution in [2.75, 3.05) is 18.4 Å². The molecule has 1 atom stereocenters. The summed E-state index contributed by atoms with van der Waals surface area (Å²) in [6.07, 6.45) is 2.49. The van der Waals surface area contributed by atoms with Crippen molar-refractivity contribution in [1.82, 2.24) is 9.88 Å². The van der Waals surface area contributed by atoms with Gasteiger partial charge in [0.15, 0.2) is 0 Å². The summed E-state index contributed by atoms with van der Waals surface area (Å²) < 4.78 is 0. The molecule has 1 aliphatic heterocycles. The standard InChI is InChI=1S/C27H25N3O2/c1-18-24-9-7-20(19-5-3-2-4-6-19)15-22(24)12-14-30(18)26(31)17-29-23-8-10-25-21(16-23)11-13-28-27(25)32/h2-11,13,15-16,18,29H,12,14,17H2,1H3,(H,28,32). The summed E-state index contributed by atoms with van der Waals surface area (Å²) >= 11 is 0. The number of nitrogens with one attached hydrogen (secondary N) is 2. The molecule has 0 radical (unpaired) electrons. The Balaban J connectivity index is 1.29. The van der Waals surface area contributed by atoms with E-state index in [0.29, 0.717) is 11.9 Å². The van der Waals surface area contributed by atoms with Crippen LogP contribution in [-0.4, -0.2) is 28.9 Å². The second-order valence-electron chi connectivity index (χ2n) is 8.26. The zero-order chi connectivity index (χ0) is 22.1. The number of carbonyl (C=O) groups is 1. The van der Waals surface area contributed by atoms with E-state index in [0.717, 1.165) is 17.5 Å². The maximum Gasteiger partial charge on any atom is 0.255 e. The molecule has 2 heterocycles. The molecule has 5 rings (SSSR count). The van der Waals surface area contributed by atoms with E-state index in [1.165, 1.54) is 22.3 Å². The molecule has 4 aromatic rings. The summed E-state index contributed by atoms with van der Waals surface area (Å²) in [5, 5.41) is 4.71. The van der Waals surface area contributed by atoms with Crippen LogP contribution in [0.3, 0.4) is 0 Å². The lowest BCUT2D eigenvalue weighted by Crippen LogP contribution is -2.41. The van der Waals surface area contributed by atoms with Crippen LogP contribution in [-0.2, 0) is 11.2 Å². The molecule has 0 saturated carbocycles. The van der Waals surface area contributed by atoms with Gasteiger partial charge in [-0.15, -0.1) is 0 Å². The third-order valence-electron chi connectivity index (χ3n) is 6.33. The van der Waals surface area contributed by atoms with Crippen LogP contribution in [0.2, 0.25) is 0 Å². The summed E-state index contributed by atoms with van der Waals surface area (Å²) in [6.45, 7) is 3.02. The third kappa shape index (κ3) is 3.78. The van der Waals surface area contributed by atoms with Gasteiger partial charge in [-0.1, -0.05) is 48.5 Å². The summed E-state index contributed by atoms with van der Waals surface area (Å²) in [6, 6.07) is 24.4. The van der Waals surface area contributed by atoms with Crippen molar-refractivity contribution in [3.8, 4) is 11.1 Å². The van der Waals surface area contributed by atoms with Crippen LogP contribution in [0.5, 0.6) is 0 Å². The molecule has 2 N–H and O–H groups in total. The first-order valence-electron chi connectivity index (χ1n) is 10.9. The van der Waals surface area contributed by atoms with E-state index in [1.54, 1.807) is 12.3 Å². The number of hydrogen-bond donors (Lipinski definition) is 2. The molecule has 1 aromatic heterocycles. The fourth-order valence-corrected chi connectivity index (χ4v) is 4.56. The van der Waals surface area contributed by atoms with Gasteiger partial charge in [0.05, 0.1) is 12.6 Å². The van der Waals surface area contributed by atoms with Gasteiger partial charge in [0.1, 0.15) is 0 Å². The summed E-state index contributed by atoms with van der Waals surface area (Å²) in [4.78, 5) is 29.5. The zero-order valence-electron chi connectivity index (χ0n) is 18.0. The number of hydrogen-bond acceptors (Lipinski definition) is 3. The van der Waals surface area contributed by atoms with Crippen molar-refractivity contribution in [3.63, 3.8) is 0 Å². The average molecular weight is 424 g/mol. The van der Waals surface area contributed by atoms with Crippen LogP contribution in [0.25, 0.3) is 21.9 Å². The molecule has 32 heavy (non-hydrogen) atoms. The third-order valence-corrected chi connectivity index (χ3v) is 6.33. The van der Waals surface area contributed by atoms with Gasteiger partial charge in [-0.3, -0.25) is 9.59 Å². The average Bonchev–Trinajstić information content (AvgIpc) is 2.83. The number of aromatic nitrogens is 1. The minimum Gasteiger partial charge on any atom is -0.376 e. The highest BCUT2D eigenvalue weighted by molar-refractivity contribution is 5.86. The molecule has 0 bridgehead atoms. The minimum absolute atomic E-state index is 0.0352. The number of pyridine rings is 1. The largest absolute Gasteiger partial charge is 0.376 e. The number of carbonyl (C=O) groups excluding carboxylic acids is 1. The monoisotopic (exact) mass is 423 g/mol. The van der Waals surface area contributed by atoms with Crippen molar-refractivity contribution in [2.45, 2.75) is 19.4 Å². The van der Waals surface area contributed by atoms with Gasteiger partial charge in [0.2, 0.25) is 5.91 Å². The van der Waals surface area contributed by atoms with Crippen molar-refractivity contribution >= 4 is 22.4 Å². The maximum absolute atomic E-state index is 13.0. The number of fused-ring (bicyclic) bond motifs is 2.